The van der Waals surface area contributed by atoms with Crippen LogP contribution in [0.5, 0.6) is 0 Å². The first-order valence-corrected chi connectivity index (χ1v) is 4.61. The Labute approximate surface area is 110 Å². The molecule has 0 fully saturated rings. The minimum Gasteiger partial charge on any atom is -0.481 e. The lowest BCUT2D eigenvalue weighted by Crippen LogP contribution is -1.98. The number of nitrogens with zero attached hydrogens (tertiary/aromatic N) is 1. The number of imidazole rings is 1. The summed E-state index contributed by atoms with van der Waals surface area (Å²) in [5.41, 5.74) is 7.93. The molecule has 0 spiro atoms. The number of hydrogen-bond acceptors (Lipinski definition) is 3. The lowest BCUT2D eigenvalue weighted by Gasteiger charge is -1.90. The third-order valence-electron chi connectivity index (χ3n) is 2.13. The van der Waals surface area contributed by atoms with Crippen LogP contribution >= 0.6 is 24.8 Å². The lowest BCUT2D eigenvalue weighted by molar-refractivity contribution is -0.137. The smallest absolute Gasteiger partial charge is 0.303 e. The van der Waals surface area contributed by atoms with Crippen molar-refractivity contribution in [1.29, 1.82) is 0 Å². The highest BCUT2D eigenvalue weighted by molar-refractivity contribution is 5.85. The molecule has 0 atom stereocenters. The molecule has 5 nitrogen and oxygen atoms in total. The van der Waals surface area contributed by atoms with Crippen molar-refractivity contribution in [3.8, 4) is 0 Å². The Balaban J connectivity index is 0.00000128. The zero-order chi connectivity index (χ0) is 10.8. The van der Waals surface area contributed by atoms with Gasteiger partial charge in [-0.15, -0.1) is 24.8 Å². The van der Waals surface area contributed by atoms with Crippen molar-refractivity contribution in [2.24, 2.45) is 0 Å². The number of rotatable bonds is 3. The van der Waals surface area contributed by atoms with E-state index in [9.17, 15) is 4.79 Å². The molecule has 2 rings (SSSR count). The second kappa shape index (κ2) is 6.32. The first kappa shape index (κ1) is 15.5. The molecule has 0 aliphatic rings. The fourth-order valence-electron chi connectivity index (χ4n) is 1.42. The van der Waals surface area contributed by atoms with Gasteiger partial charge in [0.2, 0.25) is 0 Å². The van der Waals surface area contributed by atoms with Crippen LogP contribution in [-0.4, -0.2) is 21.0 Å². The summed E-state index contributed by atoms with van der Waals surface area (Å²) in [6.45, 7) is 0. The zero-order valence-corrected chi connectivity index (χ0v) is 10.5. The van der Waals surface area contributed by atoms with Gasteiger partial charge in [-0.2, -0.15) is 0 Å². The maximum absolute atomic E-state index is 10.4. The second-order valence-corrected chi connectivity index (χ2v) is 3.35. The van der Waals surface area contributed by atoms with Crippen LogP contribution in [0, 0.1) is 0 Å². The molecule has 0 bridgehead atoms. The molecule has 1 aromatic heterocycles. The molecule has 0 amide bonds. The van der Waals surface area contributed by atoms with E-state index in [1.807, 2.05) is 6.07 Å². The summed E-state index contributed by atoms with van der Waals surface area (Å²) in [6.07, 6.45) is 0.485. The van der Waals surface area contributed by atoms with Crippen LogP contribution in [0.1, 0.15) is 12.2 Å². The number of carboxylic acid groups (broad SMARTS) is 1. The number of nitrogens with two attached hydrogens (primary N) is 1. The van der Waals surface area contributed by atoms with Gasteiger partial charge in [0, 0.05) is 12.1 Å². The summed E-state index contributed by atoms with van der Waals surface area (Å²) in [6, 6.07) is 5.36. The average Bonchev–Trinajstić information content (AvgIpc) is 2.56. The molecule has 0 aliphatic carbocycles. The molecule has 0 radical (unpaired) electrons. The van der Waals surface area contributed by atoms with E-state index < -0.39 is 5.97 Å². The van der Waals surface area contributed by atoms with E-state index in [1.54, 1.807) is 12.1 Å². The van der Waals surface area contributed by atoms with Crippen LogP contribution in [0.15, 0.2) is 18.2 Å². The number of hydrogen-bond donors (Lipinski definition) is 3. The van der Waals surface area contributed by atoms with Gasteiger partial charge in [0.15, 0.2) is 0 Å². The molecule has 2 aromatic rings. The molecular weight excluding hydrogens is 265 g/mol. The van der Waals surface area contributed by atoms with Gasteiger partial charge in [0.1, 0.15) is 5.82 Å². The topological polar surface area (TPSA) is 92.0 Å². The van der Waals surface area contributed by atoms with Crippen LogP contribution < -0.4 is 5.73 Å². The fourth-order valence-corrected chi connectivity index (χ4v) is 1.42. The lowest BCUT2D eigenvalue weighted by atomic mass is 10.3. The van der Waals surface area contributed by atoms with Gasteiger partial charge in [-0.1, -0.05) is 0 Å². The standard InChI is InChI=1S/C10H11N3O2.2ClH/c11-6-1-2-7-8(5-6)13-9(12-7)3-4-10(14)15;;/h1-2,5H,3-4,11H2,(H,12,13)(H,14,15);2*1H. The third-order valence-corrected chi connectivity index (χ3v) is 2.13. The molecule has 0 saturated carbocycles. The number of anilines is 1. The summed E-state index contributed by atoms with van der Waals surface area (Å²) in [7, 11) is 0. The number of aliphatic carboxylic acids is 1. The van der Waals surface area contributed by atoms with E-state index in [4.69, 9.17) is 10.8 Å². The Morgan fingerprint density at radius 1 is 1.41 bits per heavy atom. The molecule has 4 N–H and O–H groups in total. The van der Waals surface area contributed by atoms with E-state index in [0.29, 0.717) is 17.9 Å². The Morgan fingerprint density at radius 2 is 2.12 bits per heavy atom. The van der Waals surface area contributed by atoms with Gasteiger partial charge in [-0.3, -0.25) is 4.79 Å². The summed E-state index contributed by atoms with van der Waals surface area (Å²) in [5, 5.41) is 8.53. The van der Waals surface area contributed by atoms with Gasteiger partial charge in [0.05, 0.1) is 17.5 Å². The van der Waals surface area contributed by atoms with Crippen molar-refractivity contribution >= 4 is 47.5 Å². The average molecular weight is 278 g/mol. The van der Waals surface area contributed by atoms with Crippen molar-refractivity contribution in [2.75, 3.05) is 5.73 Å². The number of nitrogens with one attached hydrogen (secondary N) is 1. The quantitative estimate of drug-likeness (QED) is 0.749. The number of aromatic amines is 1. The van der Waals surface area contributed by atoms with Gasteiger partial charge in [-0.05, 0) is 18.2 Å². The maximum Gasteiger partial charge on any atom is 0.303 e. The van der Waals surface area contributed by atoms with Crippen molar-refractivity contribution in [3.05, 3.63) is 24.0 Å². The molecule has 1 aromatic carbocycles. The number of aromatic nitrogens is 2. The van der Waals surface area contributed by atoms with Crippen LogP contribution in [0.3, 0.4) is 0 Å². The Morgan fingerprint density at radius 3 is 2.76 bits per heavy atom. The highest BCUT2D eigenvalue weighted by Gasteiger charge is 2.04. The van der Waals surface area contributed by atoms with E-state index in [0.717, 1.165) is 11.0 Å². The van der Waals surface area contributed by atoms with Gasteiger partial charge >= 0.3 is 5.97 Å². The van der Waals surface area contributed by atoms with Crippen molar-refractivity contribution < 1.29 is 9.90 Å². The predicted octanol–water partition coefficient (Wildman–Crippen LogP) is 2.01. The van der Waals surface area contributed by atoms with Crippen molar-refractivity contribution in [2.45, 2.75) is 12.8 Å². The van der Waals surface area contributed by atoms with Crippen LogP contribution in [0.4, 0.5) is 5.69 Å². The van der Waals surface area contributed by atoms with Gasteiger partial charge in [0.25, 0.3) is 0 Å². The van der Waals surface area contributed by atoms with E-state index in [2.05, 4.69) is 9.97 Å². The number of carbonyl (C=O) groups is 1. The number of nitrogen functional groups attached to an aromatic ring is 1. The second-order valence-electron chi connectivity index (χ2n) is 3.35. The predicted molar refractivity (Wildman–Crippen MR) is 71.0 cm³/mol. The van der Waals surface area contributed by atoms with Crippen molar-refractivity contribution in [1.82, 2.24) is 9.97 Å². The first-order chi connectivity index (χ1) is 7.15. The Kier molecular flexibility index (Phi) is 5.78. The highest BCUT2D eigenvalue weighted by atomic mass is 35.5. The molecule has 1 heterocycles. The molecule has 0 unspecified atom stereocenters. The van der Waals surface area contributed by atoms with E-state index in [-0.39, 0.29) is 31.2 Å². The fraction of sp³-hybridized carbons (Fsp3) is 0.200. The monoisotopic (exact) mass is 277 g/mol. The molecule has 17 heavy (non-hydrogen) atoms. The number of halogens is 2. The Bertz CT molecular complexity index is 513. The number of fused-ring (bicyclic) bond motifs is 1. The van der Waals surface area contributed by atoms with Crippen LogP contribution in [0.2, 0.25) is 0 Å². The van der Waals surface area contributed by atoms with E-state index in [1.165, 1.54) is 0 Å². The number of H-pyrrole nitrogens is 1. The Hall–Kier alpha value is -1.46. The van der Waals surface area contributed by atoms with Crippen molar-refractivity contribution in [3.63, 3.8) is 0 Å². The normalized spacial score (nSPS) is 9.41. The third kappa shape index (κ3) is 3.80. The summed E-state index contributed by atoms with van der Waals surface area (Å²) in [4.78, 5) is 17.7. The number of aryl methyl sites for hydroxylation is 1. The van der Waals surface area contributed by atoms with Crippen LogP contribution in [-0.2, 0) is 11.2 Å². The van der Waals surface area contributed by atoms with Crippen LogP contribution in [0.25, 0.3) is 11.0 Å². The zero-order valence-electron chi connectivity index (χ0n) is 8.84. The minimum absolute atomic E-state index is 0. The number of carboxylic acids is 1. The molecule has 7 heteroatoms. The molecule has 0 aliphatic heterocycles. The minimum atomic E-state index is -0.824. The molecular formula is C10H13Cl2N3O2. The summed E-state index contributed by atoms with van der Waals surface area (Å²) >= 11 is 0. The molecule has 0 saturated heterocycles. The number of benzene rings is 1. The largest absolute Gasteiger partial charge is 0.481 e. The SMILES string of the molecule is Cl.Cl.Nc1ccc2nc(CCC(=O)O)[nH]c2c1. The molecule has 94 valence electrons. The van der Waals surface area contributed by atoms with Gasteiger partial charge in [-0.25, -0.2) is 4.98 Å². The van der Waals surface area contributed by atoms with E-state index >= 15 is 0 Å². The summed E-state index contributed by atoms with van der Waals surface area (Å²) < 4.78 is 0. The summed E-state index contributed by atoms with van der Waals surface area (Å²) in [5.74, 6) is -0.145. The highest BCUT2D eigenvalue weighted by Crippen LogP contribution is 2.15. The maximum atomic E-state index is 10.4. The first-order valence-electron chi connectivity index (χ1n) is 4.61. The van der Waals surface area contributed by atoms with Gasteiger partial charge < -0.3 is 15.8 Å².